The second-order valence-corrected chi connectivity index (χ2v) is 3.91. The minimum atomic E-state index is -0.133. The summed E-state index contributed by atoms with van der Waals surface area (Å²) >= 11 is 0. The Labute approximate surface area is 89.4 Å². The van der Waals surface area contributed by atoms with Gasteiger partial charge in [-0.25, -0.2) is 4.39 Å². The van der Waals surface area contributed by atoms with Crippen LogP contribution in [0.2, 0.25) is 0 Å². The molecule has 1 aromatic rings. The van der Waals surface area contributed by atoms with E-state index < -0.39 is 0 Å². The van der Waals surface area contributed by atoms with Crippen molar-refractivity contribution in [2.45, 2.75) is 25.0 Å². The fourth-order valence-corrected chi connectivity index (χ4v) is 2.09. The standard InChI is InChI=1S/C12H16FNO/c1-15-9-6-7-14-12(8-9)10-4-2-3-5-11(10)13/h2-5,9,12,14H,6-8H2,1H3. The summed E-state index contributed by atoms with van der Waals surface area (Å²) in [6.07, 6.45) is 2.09. The van der Waals surface area contributed by atoms with E-state index in [1.807, 2.05) is 12.1 Å². The van der Waals surface area contributed by atoms with Crippen LogP contribution in [-0.4, -0.2) is 19.8 Å². The molecule has 15 heavy (non-hydrogen) atoms. The van der Waals surface area contributed by atoms with Crippen LogP contribution in [0.5, 0.6) is 0 Å². The zero-order valence-corrected chi connectivity index (χ0v) is 8.87. The first kappa shape index (κ1) is 10.6. The van der Waals surface area contributed by atoms with Crippen molar-refractivity contribution in [3.05, 3.63) is 35.6 Å². The molecule has 1 N–H and O–H groups in total. The third-order valence-corrected chi connectivity index (χ3v) is 2.97. The Morgan fingerprint density at radius 3 is 2.93 bits per heavy atom. The molecule has 1 aliphatic heterocycles. The number of nitrogens with one attached hydrogen (secondary N) is 1. The second kappa shape index (κ2) is 4.73. The average Bonchev–Trinajstić information content (AvgIpc) is 2.30. The molecule has 0 aliphatic carbocycles. The molecule has 2 atom stereocenters. The van der Waals surface area contributed by atoms with Gasteiger partial charge in [-0.05, 0) is 25.5 Å². The third-order valence-electron chi connectivity index (χ3n) is 2.97. The largest absolute Gasteiger partial charge is 0.381 e. The molecule has 2 unspecified atom stereocenters. The number of ether oxygens (including phenoxy) is 1. The molecule has 82 valence electrons. The molecule has 0 amide bonds. The minimum absolute atomic E-state index is 0.0879. The molecule has 3 heteroatoms. The Morgan fingerprint density at radius 1 is 1.40 bits per heavy atom. The fraction of sp³-hybridized carbons (Fsp3) is 0.500. The summed E-state index contributed by atoms with van der Waals surface area (Å²) < 4.78 is 18.8. The van der Waals surface area contributed by atoms with Crippen LogP contribution in [0.4, 0.5) is 4.39 Å². The Balaban J connectivity index is 2.13. The predicted octanol–water partition coefficient (Wildman–Crippen LogP) is 2.27. The summed E-state index contributed by atoms with van der Waals surface area (Å²) in [5.74, 6) is -0.133. The van der Waals surface area contributed by atoms with Gasteiger partial charge in [-0.15, -0.1) is 0 Å². The van der Waals surface area contributed by atoms with Gasteiger partial charge in [0.2, 0.25) is 0 Å². The van der Waals surface area contributed by atoms with Crippen LogP contribution < -0.4 is 5.32 Å². The topological polar surface area (TPSA) is 21.3 Å². The smallest absolute Gasteiger partial charge is 0.127 e. The van der Waals surface area contributed by atoms with E-state index in [0.717, 1.165) is 24.9 Å². The number of benzene rings is 1. The summed E-state index contributed by atoms with van der Waals surface area (Å²) in [6, 6.07) is 7.02. The predicted molar refractivity (Wildman–Crippen MR) is 57.2 cm³/mol. The molecule has 0 bridgehead atoms. The molecule has 0 radical (unpaired) electrons. The summed E-state index contributed by atoms with van der Waals surface area (Å²) in [4.78, 5) is 0. The highest BCUT2D eigenvalue weighted by Crippen LogP contribution is 2.26. The average molecular weight is 209 g/mol. The monoisotopic (exact) mass is 209 g/mol. The summed E-state index contributed by atoms with van der Waals surface area (Å²) in [5, 5.41) is 3.32. The van der Waals surface area contributed by atoms with Gasteiger partial charge in [0.15, 0.2) is 0 Å². The van der Waals surface area contributed by atoms with Gasteiger partial charge in [-0.1, -0.05) is 18.2 Å². The van der Waals surface area contributed by atoms with E-state index in [4.69, 9.17) is 4.74 Å². The van der Waals surface area contributed by atoms with Crippen LogP contribution in [0, 0.1) is 5.82 Å². The lowest BCUT2D eigenvalue weighted by atomic mass is 9.95. The summed E-state index contributed by atoms with van der Waals surface area (Å²) in [6.45, 7) is 0.886. The quantitative estimate of drug-likeness (QED) is 0.806. The highest BCUT2D eigenvalue weighted by molar-refractivity contribution is 5.21. The van der Waals surface area contributed by atoms with E-state index in [1.54, 1.807) is 13.2 Å². The Bertz CT molecular complexity index is 329. The molecule has 2 nitrogen and oxygen atoms in total. The van der Waals surface area contributed by atoms with Crippen LogP contribution in [0.15, 0.2) is 24.3 Å². The van der Waals surface area contributed by atoms with Crippen molar-refractivity contribution >= 4 is 0 Å². The van der Waals surface area contributed by atoms with Gasteiger partial charge in [0.25, 0.3) is 0 Å². The Kier molecular flexibility index (Phi) is 3.34. The van der Waals surface area contributed by atoms with Gasteiger partial charge in [0, 0.05) is 18.7 Å². The molecule has 1 aliphatic rings. The van der Waals surface area contributed by atoms with Crippen LogP contribution in [0.3, 0.4) is 0 Å². The van der Waals surface area contributed by atoms with Crippen molar-refractivity contribution < 1.29 is 9.13 Å². The molecular formula is C12H16FNO. The molecule has 1 heterocycles. The van der Waals surface area contributed by atoms with E-state index in [-0.39, 0.29) is 18.0 Å². The van der Waals surface area contributed by atoms with E-state index >= 15 is 0 Å². The van der Waals surface area contributed by atoms with Crippen molar-refractivity contribution in [2.24, 2.45) is 0 Å². The lowest BCUT2D eigenvalue weighted by Crippen LogP contribution is -2.35. The lowest BCUT2D eigenvalue weighted by Gasteiger charge is -2.29. The Morgan fingerprint density at radius 2 is 2.20 bits per heavy atom. The van der Waals surface area contributed by atoms with E-state index in [1.165, 1.54) is 6.07 Å². The van der Waals surface area contributed by atoms with Gasteiger partial charge in [-0.3, -0.25) is 0 Å². The second-order valence-electron chi connectivity index (χ2n) is 3.91. The maximum Gasteiger partial charge on any atom is 0.127 e. The van der Waals surface area contributed by atoms with E-state index in [2.05, 4.69) is 5.32 Å². The molecule has 0 spiro atoms. The minimum Gasteiger partial charge on any atom is -0.381 e. The molecule has 1 aromatic carbocycles. The first-order chi connectivity index (χ1) is 7.31. The van der Waals surface area contributed by atoms with Gasteiger partial charge in [0.05, 0.1) is 6.10 Å². The van der Waals surface area contributed by atoms with Gasteiger partial charge >= 0.3 is 0 Å². The molecule has 0 aromatic heterocycles. The maximum atomic E-state index is 13.5. The third kappa shape index (κ3) is 2.36. The van der Waals surface area contributed by atoms with Crippen molar-refractivity contribution in [1.29, 1.82) is 0 Å². The van der Waals surface area contributed by atoms with E-state index in [9.17, 15) is 4.39 Å². The van der Waals surface area contributed by atoms with Gasteiger partial charge in [-0.2, -0.15) is 0 Å². The highest BCUT2D eigenvalue weighted by Gasteiger charge is 2.23. The fourth-order valence-electron chi connectivity index (χ4n) is 2.09. The zero-order chi connectivity index (χ0) is 10.7. The molecular weight excluding hydrogens is 193 g/mol. The summed E-state index contributed by atoms with van der Waals surface area (Å²) in [5.41, 5.74) is 0.749. The number of hydrogen-bond acceptors (Lipinski definition) is 2. The number of hydrogen-bond donors (Lipinski definition) is 1. The summed E-state index contributed by atoms with van der Waals surface area (Å²) in [7, 11) is 1.72. The Hall–Kier alpha value is -0.930. The molecule has 2 rings (SSSR count). The van der Waals surface area contributed by atoms with Crippen LogP contribution in [0.1, 0.15) is 24.4 Å². The van der Waals surface area contributed by atoms with Gasteiger partial charge < -0.3 is 10.1 Å². The van der Waals surface area contributed by atoms with Crippen molar-refractivity contribution in [2.75, 3.05) is 13.7 Å². The number of methoxy groups -OCH3 is 1. The maximum absolute atomic E-state index is 13.5. The number of piperidine rings is 1. The van der Waals surface area contributed by atoms with Crippen LogP contribution in [0.25, 0.3) is 0 Å². The zero-order valence-electron chi connectivity index (χ0n) is 8.87. The van der Waals surface area contributed by atoms with Gasteiger partial charge in [0.1, 0.15) is 5.82 Å². The molecule has 1 fully saturated rings. The normalized spacial score (nSPS) is 26.5. The molecule has 1 saturated heterocycles. The van der Waals surface area contributed by atoms with E-state index in [0.29, 0.717) is 0 Å². The van der Waals surface area contributed by atoms with Crippen molar-refractivity contribution in [3.8, 4) is 0 Å². The lowest BCUT2D eigenvalue weighted by molar-refractivity contribution is 0.0614. The first-order valence-corrected chi connectivity index (χ1v) is 5.32. The van der Waals surface area contributed by atoms with Crippen molar-refractivity contribution in [1.82, 2.24) is 5.32 Å². The van der Waals surface area contributed by atoms with Crippen LogP contribution >= 0.6 is 0 Å². The van der Waals surface area contributed by atoms with Crippen LogP contribution in [-0.2, 0) is 4.74 Å². The highest BCUT2D eigenvalue weighted by atomic mass is 19.1. The molecule has 0 saturated carbocycles. The SMILES string of the molecule is COC1CCNC(c2ccccc2F)C1. The first-order valence-electron chi connectivity index (χ1n) is 5.32. The number of rotatable bonds is 2. The van der Waals surface area contributed by atoms with Crippen molar-refractivity contribution in [3.63, 3.8) is 0 Å². The number of halogens is 1.